The summed E-state index contributed by atoms with van der Waals surface area (Å²) >= 11 is 0. The van der Waals surface area contributed by atoms with Gasteiger partial charge in [-0.1, -0.05) is 25.0 Å². The van der Waals surface area contributed by atoms with Gasteiger partial charge in [-0.2, -0.15) is 0 Å². The van der Waals surface area contributed by atoms with Crippen molar-refractivity contribution in [3.05, 3.63) is 53.9 Å². The molecule has 2 heterocycles. The summed E-state index contributed by atoms with van der Waals surface area (Å²) in [5.41, 5.74) is 5.79. The minimum absolute atomic E-state index is 0.530. The van der Waals surface area contributed by atoms with Crippen LogP contribution in [0.15, 0.2) is 42.7 Å². The zero-order chi connectivity index (χ0) is 20.4. The van der Waals surface area contributed by atoms with Gasteiger partial charge in [0.1, 0.15) is 5.65 Å². The van der Waals surface area contributed by atoms with Crippen molar-refractivity contribution in [3.63, 3.8) is 0 Å². The average Bonchev–Trinajstić information content (AvgIpc) is 3.43. The number of amides is 2. The number of carbonyl (C=O) groups excluding carboxylic acids is 1. The SMILES string of the molecule is Cc1cn2c(-c3cccc(NC(=O)NCC(F)F)c3)cnc2cc1CCC1CC1. The second kappa shape index (κ2) is 8.19. The second-order valence-corrected chi connectivity index (χ2v) is 7.64. The lowest BCUT2D eigenvalue weighted by Crippen LogP contribution is -2.32. The van der Waals surface area contributed by atoms with Crippen LogP contribution in [0.4, 0.5) is 19.3 Å². The number of halogens is 2. The lowest BCUT2D eigenvalue weighted by Gasteiger charge is -2.10. The summed E-state index contributed by atoms with van der Waals surface area (Å²) < 4.78 is 26.5. The van der Waals surface area contributed by atoms with Crippen LogP contribution in [0, 0.1) is 12.8 Å². The van der Waals surface area contributed by atoms with Gasteiger partial charge in [-0.25, -0.2) is 18.6 Å². The number of imidazole rings is 1. The van der Waals surface area contributed by atoms with Crippen LogP contribution in [0.5, 0.6) is 0 Å². The number of rotatable bonds is 7. The summed E-state index contributed by atoms with van der Waals surface area (Å²) in [6.07, 6.45) is 6.39. The number of anilines is 1. The standard InChI is InChI=1S/C22H24F2N4O/c1-14-13-28-19(11-25-21(28)10-16(14)8-7-15-5-6-15)17-3-2-4-18(9-17)27-22(29)26-12-20(23)24/h2-4,9-11,13,15,20H,5-8,12H2,1H3,(H2,26,27,29). The maximum atomic E-state index is 12.2. The third-order valence-electron chi connectivity index (χ3n) is 5.31. The number of fused-ring (bicyclic) bond motifs is 1. The summed E-state index contributed by atoms with van der Waals surface area (Å²) in [5, 5.41) is 4.72. The van der Waals surface area contributed by atoms with E-state index in [1.807, 2.05) is 28.8 Å². The molecular formula is C22H24F2N4O. The van der Waals surface area contributed by atoms with E-state index in [4.69, 9.17) is 0 Å². The molecule has 0 bridgehead atoms. The van der Waals surface area contributed by atoms with Crippen LogP contribution >= 0.6 is 0 Å². The molecule has 5 nitrogen and oxygen atoms in total. The summed E-state index contributed by atoms with van der Waals surface area (Å²) in [6, 6.07) is 8.77. The molecule has 1 aliphatic carbocycles. The molecule has 1 aliphatic rings. The molecule has 0 radical (unpaired) electrons. The highest BCUT2D eigenvalue weighted by Gasteiger charge is 2.21. The van der Waals surface area contributed by atoms with Crippen molar-refractivity contribution in [1.29, 1.82) is 0 Å². The average molecular weight is 398 g/mol. The van der Waals surface area contributed by atoms with E-state index in [0.717, 1.165) is 29.2 Å². The number of pyridine rings is 1. The highest BCUT2D eigenvalue weighted by atomic mass is 19.3. The van der Waals surface area contributed by atoms with Crippen molar-refractivity contribution in [1.82, 2.24) is 14.7 Å². The van der Waals surface area contributed by atoms with E-state index < -0.39 is 19.0 Å². The lowest BCUT2D eigenvalue weighted by atomic mass is 10.0. The number of urea groups is 1. The van der Waals surface area contributed by atoms with Crippen LogP contribution < -0.4 is 10.6 Å². The van der Waals surface area contributed by atoms with E-state index in [1.54, 1.807) is 6.07 Å². The Labute approximate surface area is 168 Å². The van der Waals surface area contributed by atoms with E-state index in [-0.39, 0.29) is 0 Å². The number of hydrogen-bond acceptors (Lipinski definition) is 2. The summed E-state index contributed by atoms with van der Waals surface area (Å²) in [6.45, 7) is 1.44. The fourth-order valence-electron chi connectivity index (χ4n) is 3.51. The smallest absolute Gasteiger partial charge is 0.319 e. The number of hydrogen-bond donors (Lipinski definition) is 2. The van der Waals surface area contributed by atoms with Crippen molar-refractivity contribution >= 4 is 17.4 Å². The normalized spacial score (nSPS) is 13.8. The Bertz CT molecular complexity index is 1030. The lowest BCUT2D eigenvalue weighted by molar-refractivity contribution is 0.148. The van der Waals surface area contributed by atoms with Gasteiger partial charge in [0.05, 0.1) is 18.4 Å². The molecular weight excluding hydrogens is 374 g/mol. The molecule has 1 aromatic carbocycles. The Morgan fingerprint density at radius 2 is 2.14 bits per heavy atom. The van der Waals surface area contributed by atoms with Crippen molar-refractivity contribution in [2.75, 3.05) is 11.9 Å². The van der Waals surface area contributed by atoms with Gasteiger partial charge in [0.25, 0.3) is 6.43 Å². The Morgan fingerprint density at radius 1 is 1.31 bits per heavy atom. The van der Waals surface area contributed by atoms with Crippen molar-refractivity contribution < 1.29 is 13.6 Å². The van der Waals surface area contributed by atoms with Gasteiger partial charge < -0.3 is 10.6 Å². The van der Waals surface area contributed by atoms with Crippen LogP contribution in [0.2, 0.25) is 0 Å². The quantitative estimate of drug-likeness (QED) is 0.586. The fourth-order valence-corrected chi connectivity index (χ4v) is 3.51. The first kappa shape index (κ1) is 19.4. The molecule has 3 aromatic rings. The van der Waals surface area contributed by atoms with Crippen molar-refractivity contribution in [2.45, 2.75) is 39.0 Å². The number of nitrogens with one attached hydrogen (secondary N) is 2. The Balaban J connectivity index is 1.54. The van der Waals surface area contributed by atoms with E-state index in [0.29, 0.717) is 5.69 Å². The number of alkyl halides is 2. The maximum absolute atomic E-state index is 12.2. The van der Waals surface area contributed by atoms with E-state index >= 15 is 0 Å². The molecule has 2 amide bonds. The Morgan fingerprint density at radius 3 is 2.90 bits per heavy atom. The predicted molar refractivity (Wildman–Crippen MR) is 109 cm³/mol. The van der Waals surface area contributed by atoms with Gasteiger partial charge in [0.15, 0.2) is 0 Å². The number of nitrogens with zero attached hydrogens (tertiary/aromatic N) is 2. The van der Waals surface area contributed by atoms with E-state index in [2.05, 4.69) is 34.8 Å². The molecule has 29 heavy (non-hydrogen) atoms. The topological polar surface area (TPSA) is 58.4 Å². The first-order valence-electron chi connectivity index (χ1n) is 9.89. The summed E-state index contributed by atoms with van der Waals surface area (Å²) in [4.78, 5) is 16.3. The van der Waals surface area contributed by atoms with E-state index in [9.17, 15) is 13.6 Å². The molecule has 0 saturated heterocycles. The molecule has 0 aliphatic heterocycles. The van der Waals surface area contributed by atoms with Gasteiger partial charge in [-0.15, -0.1) is 0 Å². The zero-order valence-electron chi connectivity index (χ0n) is 16.3. The fraction of sp³-hybridized carbons (Fsp3) is 0.364. The van der Waals surface area contributed by atoms with Crippen LogP contribution in [0.3, 0.4) is 0 Å². The molecule has 2 N–H and O–H groups in total. The maximum Gasteiger partial charge on any atom is 0.319 e. The highest BCUT2D eigenvalue weighted by Crippen LogP contribution is 2.34. The van der Waals surface area contributed by atoms with Crippen LogP contribution in [-0.4, -0.2) is 28.4 Å². The minimum Gasteiger partial charge on any atom is -0.332 e. The van der Waals surface area contributed by atoms with E-state index in [1.165, 1.54) is 30.4 Å². The molecule has 7 heteroatoms. The molecule has 1 saturated carbocycles. The zero-order valence-corrected chi connectivity index (χ0v) is 16.3. The predicted octanol–water partition coefficient (Wildman–Crippen LogP) is 5.04. The third kappa shape index (κ3) is 4.72. The summed E-state index contributed by atoms with van der Waals surface area (Å²) in [5.74, 6) is 0.897. The minimum atomic E-state index is -2.58. The van der Waals surface area contributed by atoms with Gasteiger partial charge in [0, 0.05) is 17.4 Å². The first-order valence-corrected chi connectivity index (χ1v) is 9.89. The largest absolute Gasteiger partial charge is 0.332 e. The number of aryl methyl sites for hydroxylation is 2. The van der Waals surface area contributed by atoms with Crippen LogP contribution in [0.25, 0.3) is 16.9 Å². The van der Waals surface area contributed by atoms with Crippen LogP contribution in [-0.2, 0) is 6.42 Å². The van der Waals surface area contributed by atoms with Crippen molar-refractivity contribution in [3.8, 4) is 11.3 Å². The molecule has 0 atom stereocenters. The van der Waals surface area contributed by atoms with Crippen LogP contribution in [0.1, 0.15) is 30.4 Å². The molecule has 1 fully saturated rings. The molecule has 2 aromatic heterocycles. The number of carbonyl (C=O) groups is 1. The molecule has 4 rings (SSSR count). The first-order chi connectivity index (χ1) is 14.0. The van der Waals surface area contributed by atoms with Gasteiger partial charge in [-0.05, 0) is 55.0 Å². The Kier molecular flexibility index (Phi) is 5.47. The molecule has 0 unspecified atom stereocenters. The van der Waals surface area contributed by atoms with Gasteiger partial charge in [-0.3, -0.25) is 4.40 Å². The third-order valence-corrected chi connectivity index (χ3v) is 5.31. The second-order valence-electron chi connectivity index (χ2n) is 7.64. The number of benzene rings is 1. The monoisotopic (exact) mass is 398 g/mol. The van der Waals surface area contributed by atoms with Gasteiger partial charge >= 0.3 is 6.03 Å². The number of aromatic nitrogens is 2. The highest BCUT2D eigenvalue weighted by molar-refractivity contribution is 5.90. The Hall–Kier alpha value is -2.96. The molecule has 152 valence electrons. The molecule has 0 spiro atoms. The van der Waals surface area contributed by atoms with Gasteiger partial charge in [0.2, 0.25) is 0 Å². The summed E-state index contributed by atoms with van der Waals surface area (Å²) in [7, 11) is 0. The van der Waals surface area contributed by atoms with Crippen molar-refractivity contribution in [2.24, 2.45) is 5.92 Å².